The lowest BCUT2D eigenvalue weighted by Crippen LogP contribution is -2.73. The van der Waals surface area contributed by atoms with Crippen LogP contribution in [0.15, 0.2) is 24.3 Å². The number of hydrogen-bond donors (Lipinski definition) is 1. The van der Waals surface area contributed by atoms with Crippen LogP contribution in [-0.4, -0.2) is 77.5 Å². The number of benzene rings is 1. The van der Waals surface area contributed by atoms with Crippen LogP contribution < -0.4 is 0 Å². The van der Waals surface area contributed by atoms with Gasteiger partial charge in [0.05, 0.1) is 27.1 Å². The molecule has 16 heteroatoms. The molecule has 0 aliphatic carbocycles. The smallest absolute Gasteiger partial charge is 0.356 e. The van der Waals surface area contributed by atoms with Crippen LogP contribution in [0, 0.1) is 21.4 Å². The molecule has 1 aliphatic rings. The molecule has 3 rings (SSSR count). The number of β-lactam (4-membered cyclic amide) rings is 1. The third-order valence-corrected chi connectivity index (χ3v) is 9.45. The number of nitro groups is 1. The highest BCUT2D eigenvalue weighted by atomic mass is 32.2. The molecule has 2 heterocycles. The van der Waals surface area contributed by atoms with Crippen LogP contribution in [0.4, 0.5) is 5.69 Å². The summed E-state index contributed by atoms with van der Waals surface area (Å²) in [6.45, 7) is 11.6. The van der Waals surface area contributed by atoms with Crippen molar-refractivity contribution in [3.8, 4) is 0 Å². The van der Waals surface area contributed by atoms with E-state index >= 15 is 0 Å². The Morgan fingerprint density at radius 1 is 1.27 bits per heavy atom. The lowest BCUT2D eigenvalue weighted by atomic mass is 9.66. The number of nitrogens with zero attached hydrogens (tertiary/aromatic N) is 6. The number of tetrazole rings is 1. The van der Waals surface area contributed by atoms with E-state index in [2.05, 4.69) is 15.5 Å². The van der Waals surface area contributed by atoms with Gasteiger partial charge in [0.1, 0.15) is 12.0 Å². The predicted molar refractivity (Wildman–Crippen MR) is 154 cm³/mol. The minimum absolute atomic E-state index is 0.103. The number of aryl methyl sites for hydroxylation is 1. The minimum atomic E-state index is -1.89. The summed E-state index contributed by atoms with van der Waals surface area (Å²) >= 11 is 6.80. The number of ether oxygens (including phenoxy) is 1. The number of amides is 1. The van der Waals surface area contributed by atoms with Gasteiger partial charge in [-0.1, -0.05) is 44.8 Å². The van der Waals surface area contributed by atoms with Crippen LogP contribution in [-0.2, 0) is 38.8 Å². The van der Waals surface area contributed by atoms with Crippen molar-refractivity contribution in [2.24, 2.45) is 18.4 Å². The van der Waals surface area contributed by atoms with E-state index in [1.165, 1.54) is 40.7 Å². The first-order chi connectivity index (χ1) is 18.6. The van der Waals surface area contributed by atoms with Crippen molar-refractivity contribution < 1.29 is 28.8 Å². The number of rotatable bonds is 11. The Bertz CT molecular complexity index is 1270. The van der Waals surface area contributed by atoms with Gasteiger partial charge in [-0.2, -0.15) is 0 Å². The predicted octanol–water partition coefficient (Wildman–Crippen LogP) is 2.37. The van der Waals surface area contributed by atoms with Gasteiger partial charge < -0.3 is 14.3 Å². The summed E-state index contributed by atoms with van der Waals surface area (Å²) in [6, 6.07) is 5.47. The Morgan fingerprint density at radius 3 is 2.40 bits per heavy atom. The van der Waals surface area contributed by atoms with E-state index in [-0.39, 0.29) is 18.7 Å². The first kappa shape index (κ1) is 31.7. The Morgan fingerprint density at radius 2 is 1.90 bits per heavy atom. The third-order valence-electron chi connectivity index (χ3n) is 6.91. The van der Waals surface area contributed by atoms with Gasteiger partial charge >= 0.3 is 5.97 Å². The zero-order valence-electron chi connectivity index (χ0n) is 23.4. The molecule has 1 saturated heterocycles. The van der Waals surface area contributed by atoms with Crippen molar-refractivity contribution in [2.45, 2.75) is 71.0 Å². The summed E-state index contributed by atoms with van der Waals surface area (Å²) in [4.78, 5) is 37.9. The Kier molecular flexibility index (Phi) is 9.82. The Labute approximate surface area is 243 Å². The summed E-state index contributed by atoms with van der Waals surface area (Å²) in [5, 5.41) is 32.5. The minimum Gasteiger partial charge on any atom is -0.457 e. The summed E-state index contributed by atoms with van der Waals surface area (Å²) in [5.74, 6) is -1.66. The maximum Gasteiger partial charge on any atom is 0.356 e. The van der Waals surface area contributed by atoms with E-state index < -0.39 is 54.4 Å². The Balaban J connectivity index is 1.83. The number of thiocarbonyl (C=S) groups is 1. The molecule has 1 aliphatic heterocycles. The quantitative estimate of drug-likeness (QED) is 0.0988. The first-order valence-electron chi connectivity index (χ1n) is 12.6. The highest BCUT2D eigenvalue weighted by Crippen LogP contribution is 2.51. The highest BCUT2D eigenvalue weighted by molar-refractivity contribution is 8.23. The molecule has 13 nitrogen and oxygen atoms in total. The summed E-state index contributed by atoms with van der Waals surface area (Å²) < 4.78 is 13.7. The van der Waals surface area contributed by atoms with Crippen molar-refractivity contribution in [3.05, 3.63) is 45.8 Å². The number of nitro benzene ring substituents is 1. The zero-order valence-corrected chi connectivity index (χ0v) is 26.2. The molecule has 0 radical (unpaired) electrons. The van der Waals surface area contributed by atoms with Gasteiger partial charge in [-0.3, -0.25) is 19.8 Å². The number of aliphatic hydroxyl groups is 1. The van der Waals surface area contributed by atoms with E-state index in [4.69, 9.17) is 21.4 Å². The first-order valence-corrected chi connectivity index (χ1v) is 16.6. The van der Waals surface area contributed by atoms with Gasteiger partial charge in [0.25, 0.3) is 5.69 Å². The number of carbonyl (C=O) groups excluding carboxylic acids is 2. The fourth-order valence-corrected chi connectivity index (χ4v) is 7.58. The van der Waals surface area contributed by atoms with E-state index in [9.17, 15) is 24.8 Å². The second kappa shape index (κ2) is 12.4. The van der Waals surface area contributed by atoms with Gasteiger partial charge in [0.15, 0.2) is 14.9 Å². The molecule has 0 bridgehead atoms. The number of aliphatic hydroxyl groups excluding tert-OH is 1. The molecule has 1 fully saturated rings. The van der Waals surface area contributed by atoms with Crippen molar-refractivity contribution in [2.75, 3.05) is 0 Å². The molecule has 2 aromatic rings. The molecule has 4 atom stereocenters. The number of likely N-dealkylation sites (tertiary alicyclic amines) is 1. The van der Waals surface area contributed by atoms with Crippen molar-refractivity contribution in [1.82, 2.24) is 25.1 Å². The van der Waals surface area contributed by atoms with E-state index in [1.54, 1.807) is 7.05 Å². The SMILES string of the molecule is Cn1nnnc1CC(=S)S[C@@H]1[C@H](C(C)(O[SiH](C)C)C(C)(C)C)C(=O)N1C(O)C(=O)OCc1ccc([N+](=O)[O-])cc1. The molecule has 40 heavy (non-hydrogen) atoms. The molecular weight excluding hydrogens is 577 g/mol. The molecule has 1 aromatic carbocycles. The standard InChI is InChI=1S/C24H34N6O7S2Si/c1-23(2,3)24(4,37-40(6)7)18-19(31)29(21(18)39-17(38)12-16-25-26-27-28(16)5)20(32)22(33)36-13-14-8-10-15(11-9-14)30(34)35/h8-11,18,20-21,32,40H,12-13H2,1-7H3/t18-,20?,21-,24?/m1/s1. The van der Waals surface area contributed by atoms with Crippen LogP contribution in [0.3, 0.4) is 0 Å². The van der Waals surface area contributed by atoms with E-state index in [1.807, 2.05) is 40.8 Å². The van der Waals surface area contributed by atoms with Gasteiger partial charge in [-0.05, 0) is 53.6 Å². The van der Waals surface area contributed by atoms with Crippen LogP contribution in [0.5, 0.6) is 0 Å². The molecule has 1 aromatic heterocycles. The molecular formula is C24H34N6O7S2Si. The fourth-order valence-electron chi connectivity index (χ4n) is 4.34. The maximum absolute atomic E-state index is 13.7. The number of esters is 1. The zero-order chi connectivity index (χ0) is 30.0. The van der Waals surface area contributed by atoms with Crippen LogP contribution in [0.1, 0.15) is 39.1 Å². The van der Waals surface area contributed by atoms with Gasteiger partial charge in [0.2, 0.25) is 12.1 Å². The van der Waals surface area contributed by atoms with E-state index in [0.717, 1.165) is 4.90 Å². The van der Waals surface area contributed by atoms with E-state index in [0.29, 0.717) is 15.6 Å². The maximum atomic E-state index is 13.7. The third kappa shape index (κ3) is 6.74. The monoisotopic (exact) mass is 610 g/mol. The summed E-state index contributed by atoms with van der Waals surface area (Å²) in [7, 11) is 0.0514. The van der Waals surface area contributed by atoms with Crippen LogP contribution in [0.25, 0.3) is 0 Å². The second-order valence-corrected chi connectivity index (χ2v) is 15.2. The molecule has 1 N–H and O–H groups in total. The number of hydrogen-bond acceptors (Lipinski definition) is 12. The van der Waals surface area contributed by atoms with Gasteiger partial charge in [-0.25, -0.2) is 9.48 Å². The van der Waals surface area contributed by atoms with Crippen molar-refractivity contribution in [3.63, 3.8) is 0 Å². The van der Waals surface area contributed by atoms with Crippen molar-refractivity contribution >= 4 is 54.8 Å². The lowest BCUT2D eigenvalue weighted by molar-refractivity contribution is -0.384. The van der Waals surface area contributed by atoms with Crippen LogP contribution >= 0.6 is 24.0 Å². The topological polar surface area (TPSA) is 163 Å². The largest absolute Gasteiger partial charge is 0.457 e. The average Bonchev–Trinajstić information content (AvgIpc) is 3.25. The molecule has 1 amide bonds. The molecule has 2 unspecified atom stereocenters. The molecule has 218 valence electrons. The summed E-state index contributed by atoms with van der Waals surface area (Å²) in [6.07, 6.45) is -1.65. The number of aromatic nitrogens is 4. The number of non-ortho nitro benzene ring substituents is 1. The molecule has 0 spiro atoms. The molecule has 0 saturated carbocycles. The van der Waals surface area contributed by atoms with Crippen molar-refractivity contribution in [1.29, 1.82) is 0 Å². The van der Waals surface area contributed by atoms with Gasteiger partial charge in [-0.15, -0.1) is 5.10 Å². The van der Waals surface area contributed by atoms with Gasteiger partial charge in [0, 0.05) is 19.2 Å². The number of carbonyl (C=O) groups is 2. The van der Waals surface area contributed by atoms with Crippen LogP contribution in [0.2, 0.25) is 13.1 Å². The fraction of sp³-hybridized carbons (Fsp3) is 0.583. The summed E-state index contributed by atoms with van der Waals surface area (Å²) in [5.41, 5.74) is -0.998. The number of thioether (sulfide) groups is 1. The normalized spacial score (nSPS) is 19.6. The second-order valence-electron chi connectivity index (χ2n) is 10.9. The average molecular weight is 611 g/mol. The Hall–Kier alpha value is -2.79. The lowest BCUT2D eigenvalue weighted by Gasteiger charge is -2.58. The highest BCUT2D eigenvalue weighted by Gasteiger charge is 2.63.